The molecule has 0 amide bonds. The van der Waals surface area contributed by atoms with Gasteiger partial charge in [0.05, 0.1) is 0 Å². The summed E-state index contributed by atoms with van der Waals surface area (Å²) in [5.74, 6) is 0. The van der Waals surface area contributed by atoms with Crippen molar-refractivity contribution in [2.24, 2.45) is 5.41 Å². The minimum Gasteiger partial charge on any atom is -0.0758 e. The number of benzene rings is 1. The van der Waals surface area contributed by atoms with Crippen molar-refractivity contribution in [1.82, 2.24) is 0 Å². The van der Waals surface area contributed by atoms with Crippen LogP contribution >= 0.6 is 0 Å². The van der Waals surface area contributed by atoms with Crippen molar-refractivity contribution in [2.75, 3.05) is 0 Å². The Kier molecular flexibility index (Phi) is 4.22. The van der Waals surface area contributed by atoms with E-state index in [1.54, 1.807) is 5.57 Å². The van der Waals surface area contributed by atoms with Gasteiger partial charge in [-0.15, -0.1) is 0 Å². The lowest BCUT2D eigenvalue weighted by Gasteiger charge is -2.30. The topological polar surface area (TPSA) is 0 Å². The molecule has 0 saturated carbocycles. The average molecular weight is 268 g/mol. The lowest BCUT2D eigenvalue weighted by atomic mass is 9.75. The van der Waals surface area contributed by atoms with E-state index in [9.17, 15) is 0 Å². The van der Waals surface area contributed by atoms with Crippen LogP contribution in [0.4, 0.5) is 0 Å². The smallest absolute Gasteiger partial charge is 0.0144 e. The van der Waals surface area contributed by atoms with Crippen LogP contribution < -0.4 is 0 Å². The summed E-state index contributed by atoms with van der Waals surface area (Å²) in [4.78, 5) is 0. The highest BCUT2D eigenvalue weighted by Gasteiger charge is 2.24. The Balaban J connectivity index is 2.45. The van der Waals surface area contributed by atoms with E-state index >= 15 is 0 Å². The van der Waals surface area contributed by atoms with Gasteiger partial charge in [0.2, 0.25) is 0 Å². The molecule has 0 unspecified atom stereocenters. The predicted octanol–water partition coefficient (Wildman–Crippen LogP) is 6.18. The van der Waals surface area contributed by atoms with E-state index in [1.165, 1.54) is 47.1 Å². The highest BCUT2D eigenvalue weighted by molar-refractivity contribution is 5.67. The van der Waals surface area contributed by atoms with Crippen molar-refractivity contribution in [3.63, 3.8) is 0 Å². The first kappa shape index (κ1) is 15.1. The molecule has 1 aromatic rings. The number of hydrogen-bond acceptors (Lipinski definition) is 0. The molecule has 0 bridgehead atoms. The van der Waals surface area contributed by atoms with Gasteiger partial charge in [-0.1, -0.05) is 56.2 Å². The Hall–Kier alpha value is -1.30. The SMILES string of the molecule is CCC(C)(C)C1=Cc2cc(C)c(C=C(C)C)cc2CC1. The van der Waals surface area contributed by atoms with Gasteiger partial charge in [-0.3, -0.25) is 0 Å². The van der Waals surface area contributed by atoms with Crippen LogP contribution in [0.2, 0.25) is 0 Å². The van der Waals surface area contributed by atoms with Crippen molar-refractivity contribution < 1.29 is 0 Å². The van der Waals surface area contributed by atoms with Crippen LogP contribution in [0.3, 0.4) is 0 Å². The minimum atomic E-state index is 0.337. The predicted molar refractivity (Wildman–Crippen MR) is 90.9 cm³/mol. The molecule has 0 saturated heterocycles. The standard InChI is InChI=1S/C20H28/c1-7-20(5,6)19-9-8-16-12-17(10-14(2)3)15(4)11-18(16)13-19/h10-13H,7-9H2,1-6H3. The Bertz CT molecular complexity index is 564. The van der Waals surface area contributed by atoms with Crippen molar-refractivity contribution in [3.05, 3.63) is 45.5 Å². The second-order valence-electron chi connectivity index (χ2n) is 7.04. The molecule has 0 aliphatic heterocycles. The fourth-order valence-electron chi connectivity index (χ4n) is 2.90. The summed E-state index contributed by atoms with van der Waals surface area (Å²) < 4.78 is 0. The number of allylic oxidation sites excluding steroid dienone is 2. The van der Waals surface area contributed by atoms with Crippen LogP contribution in [0.5, 0.6) is 0 Å². The summed E-state index contributed by atoms with van der Waals surface area (Å²) in [5.41, 5.74) is 9.04. The van der Waals surface area contributed by atoms with E-state index in [-0.39, 0.29) is 0 Å². The fourth-order valence-corrected chi connectivity index (χ4v) is 2.90. The zero-order valence-corrected chi connectivity index (χ0v) is 13.9. The lowest BCUT2D eigenvalue weighted by Crippen LogP contribution is -2.16. The fraction of sp³-hybridized carbons (Fsp3) is 0.500. The van der Waals surface area contributed by atoms with Gasteiger partial charge < -0.3 is 0 Å². The second kappa shape index (κ2) is 5.60. The molecule has 0 heteroatoms. The maximum absolute atomic E-state index is 2.45. The molecular formula is C20H28. The summed E-state index contributed by atoms with van der Waals surface area (Å²) in [6, 6.07) is 4.76. The summed E-state index contributed by atoms with van der Waals surface area (Å²) >= 11 is 0. The van der Waals surface area contributed by atoms with E-state index in [4.69, 9.17) is 0 Å². The molecule has 108 valence electrons. The van der Waals surface area contributed by atoms with Crippen LogP contribution in [0.15, 0.2) is 23.3 Å². The largest absolute Gasteiger partial charge is 0.0758 e. The maximum atomic E-state index is 2.45. The van der Waals surface area contributed by atoms with Gasteiger partial charge in [0.25, 0.3) is 0 Å². The Morgan fingerprint density at radius 1 is 1.20 bits per heavy atom. The van der Waals surface area contributed by atoms with Crippen LogP contribution in [0.1, 0.15) is 69.7 Å². The molecule has 0 radical (unpaired) electrons. The third-order valence-electron chi connectivity index (χ3n) is 4.72. The summed E-state index contributed by atoms with van der Waals surface area (Å²) in [6.07, 6.45) is 8.36. The van der Waals surface area contributed by atoms with Crippen LogP contribution in [0.25, 0.3) is 12.2 Å². The maximum Gasteiger partial charge on any atom is -0.0144 e. The first-order chi connectivity index (χ1) is 9.33. The summed E-state index contributed by atoms with van der Waals surface area (Å²) in [7, 11) is 0. The molecule has 1 aliphatic carbocycles. The third kappa shape index (κ3) is 3.06. The molecule has 0 N–H and O–H groups in total. The molecule has 20 heavy (non-hydrogen) atoms. The number of fused-ring (bicyclic) bond motifs is 1. The zero-order chi connectivity index (χ0) is 14.9. The first-order valence-electron chi connectivity index (χ1n) is 7.83. The van der Waals surface area contributed by atoms with Crippen molar-refractivity contribution in [1.29, 1.82) is 0 Å². The second-order valence-corrected chi connectivity index (χ2v) is 7.04. The number of rotatable bonds is 3. The zero-order valence-electron chi connectivity index (χ0n) is 13.9. The van der Waals surface area contributed by atoms with E-state index in [0.29, 0.717) is 5.41 Å². The minimum absolute atomic E-state index is 0.337. The Labute approximate surface area is 124 Å². The monoisotopic (exact) mass is 268 g/mol. The van der Waals surface area contributed by atoms with Gasteiger partial charge in [0.15, 0.2) is 0 Å². The van der Waals surface area contributed by atoms with E-state index in [1.807, 2.05) is 0 Å². The molecule has 1 aliphatic rings. The third-order valence-corrected chi connectivity index (χ3v) is 4.72. The average Bonchev–Trinajstić information content (AvgIpc) is 2.38. The van der Waals surface area contributed by atoms with Gasteiger partial charge in [-0.05, 0) is 67.7 Å². The van der Waals surface area contributed by atoms with Gasteiger partial charge in [-0.2, -0.15) is 0 Å². The highest BCUT2D eigenvalue weighted by atomic mass is 14.3. The van der Waals surface area contributed by atoms with Crippen LogP contribution in [0, 0.1) is 12.3 Å². The molecule has 0 heterocycles. The molecule has 1 aromatic carbocycles. The van der Waals surface area contributed by atoms with E-state index in [2.05, 4.69) is 65.8 Å². The Morgan fingerprint density at radius 3 is 2.50 bits per heavy atom. The van der Waals surface area contributed by atoms with Crippen LogP contribution in [-0.4, -0.2) is 0 Å². The normalized spacial score (nSPS) is 14.6. The Morgan fingerprint density at radius 2 is 1.90 bits per heavy atom. The molecular weight excluding hydrogens is 240 g/mol. The van der Waals surface area contributed by atoms with Crippen LogP contribution in [-0.2, 0) is 6.42 Å². The van der Waals surface area contributed by atoms with Gasteiger partial charge in [0.1, 0.15) is 0 Å². The highest BCUT2D eigenvalue weighted by Crippen LogP contribution is 2.38. The quantitative estimate of drug-likeness (QED) is 0.613. The van der Waals surface area contributed by atoms with Crippen molar-refractivity contribution >= 4 is 12.2 Å². The van der Waals surface area contributed by atoms with Gasteiger partial charge in [0, 0.05) is 0 Å². The molecule has 0 atom stereocenters. The van der Waals surface area contributed by atoms with Gasteiger partial charge in [-0.25, -0.2) is 0 Å². The summed E-state index contributed by atoms with van der Waals surface area (Å²) in [6.45, 7) is 13.6. The number of aryl methyl sites for hydroxylation is 2. The van der Waals surface area contributed by atoms with Crippen molar-refractivity contribution in [3.8, 4) is 0 Å². The van der Waals surface area contributed by atoms with E-state index < -0.39 is 0 Å². The first-order valence-corrected chi connectivity index (χ1v) is 7.83. The van der Waals surface area contributed by atoms with Crippen molar-refractivity contribution in [2.45, 2.75) is 60.8 Å². The number of hydrogen-bond donors (Lipinski definition) is 0. The molecule has 0 spiro atoms. The summed E-state index contributed by atoms with van der Waals surface area (Å²) in [5, 5.41) is 0. The molecule has 2 rings (SSSR count). The molecule has 0 aromatic heterocycles. The van der Waals surface area contributed by atoms with E-state index in [0.717, 1.165) is 0 Å². The molecule has 0 fully saturated rings. The van der Waals surface area contributed by atoms with Gasteiger partial charge >= 0.3 is 0 Å². The lowest BCUT2D eigenvalue weighted by molar-refractivity contribution is 0.415. The molecule has 0 nitrogen and oxygen atoms in total.